The molecule has 1 aromatic heterocycles. The van der Waals surface area contributed by atoms with Gasteiger partial charge in [0.05, 0.1) is 0 Å². The second-order valence-corrected chi connectivity index (χ2v) is 14.5. The van der Waals surface area contributed by atoms with Crippen LogP contribution >= 0.6 is 11.3 Å². The first-order chi connectivity index (χ1) is 25.7. The van der Waals surface area contributed by atoms with E-state index in [2.05, 4.69) is 205 Å². The Balaban J connectivity index is 1.13. The number of thiophene rings is 1. The molecule has 0 fully saturated rings. The van der Waals surface area contributed by atoms with Gasteiger partial charge in [0.15, 0.2) is 0 Å². The number of hydrogen-bond donors (Lipinski definition) is 0. The van der Waals surface area contributed by atoms with Crippen LogP contribution in [0.4, 0.5) is 17.1 Å². The number of benzene rings is 9. The molecule has 0 aliphatic rings. The molecule has 0 bridgehead atoms. The summed E-state index contributed by atoms with van der Waals surface area (Å²) < 4.78 is 2.64. The van der Waals surface area contributed by atoms with Crippen LogP contribution in [-0.2, 0) is 0 Å². The minimum atomic E-state index is 1.11. The largest absolute Gasteiger partial charge is 0.310 e. The summed E-state index contributed by atoms with van der Waals surface area (Å²) in [4.78, 5) is 2.40. The summed E-state index contributed by atoms with van der Waals surface area (Å²) in [6.45, 7) is 0. The number of hydrogen-bond acceptors (Lipinski definition) is 2. The third-order valence-corrected chi connectivity index (χ3v) is 11.4. The first-order valence-corrected chi connectivity index (χ1v) is 18.6. The molecule has 10 rings (SSSR count). The minimum Gasteiger partial charge on any atom is -0.310 e. The maximum absolute atomic E-state index is 2.40. The van der Waals surface area contributed by atoms with Crippen molar-refractivity contribution in [3.05, 3.63) is 200 Å². The summed E-state index contributed by atoms with van der Waals surface area (Å²) in [6.07, 6.45) is 0. The van der Waals surface area contributed by atoms with Crippen LogP contribution in [0.15, 0.2) is 200 Å². The van der Waals surface area contributed by atoms with Gasteiger partial charge in [-0.1, -0.05) is 140 Å². The normalized spacial score (nSPS) is 11.5. The predicted molar refractivity (Wildman–Crippen MR) is 225 cm³/mol. The van der Waals surface area contributed by atoms with Crippen LogP contribution in [0, 0.1) is 0 Å². The molecule has 0 amide bonds. The van der Waals surface area contributed by atoms with Crippen molar-refractivity contribution in [2.24, 2.45) is 0 Å². The molecule has 0 unspecified atom stereocenters. The molecule has 52 heavy (non-hydrogen) atoms. The molecule has 0 spiro atoms. The quantitative estimate of drug-likeness (QED) is 0.169. The van der Waals surface area contributed by atoms with Gasteiger partial charge in [0, 0.05) is 37.2 Å². The fourth-order valence-corrected chi connectivity index (χ4v) is 8.75. The van der Waals surface area contributed by atoms with Crippen LogP contribution in [0.3, 0.4) is 0 Å². The van der Waals surface area contributed by atoms with E-state index in [9.17, 15) is 0 Å². The molecule has 0 radical (unpaired) electrons. The van der Waals surface area contributed by atoms with E-state index in [0.717, 1.165) is 17.1 Å². The molecule has 0 atom stereocenters. The topological polar surface area (TPSA) is 3.24 Å². The van der Waals surface area contributed by atoms with Crippen molar-refractivity contribution < 1.29 is 0 Å². The lowest BCUT2D eigenvalue weighted by atomic mass is 9.97. The highest BCUT2D eigenvalue weighted by Crippen LogP contribution is 2.42. The van der Waals surface area contributed by atoms with Gasteiger partial charge < -0.3 is 4.90 Å². The monoisotopic (exact) mass is 679 g/mol. The van der Waals surface area contributed by atoms with E-state index in [0.29, 0.717) is 0 Å². The van der Waals surface area contributed by atoms with Gasteiger partial charge in [-0.25, -0.2) is 0 Å². The van der Waals surface area contributed by atoms with Crippen molar-refractivity contribution in [1.82, 2.24) is 0 Å². The van der Waals surface area contributed by atoms with E-state index in [4.69, 9.17) is 0 Å². The molecule has 0 aliphatic carbocycles. The molecule has 0 N–H and O–H groups in total. The third kappa shape index (κ3) is 5.42. The van der Waals surface area contributed by atoms with E-state index >= 15 is 0 Å². The van der Waals surface area contributed by atoms with Gasteiger partial charge in [-0.3, -0.25) is 0 Å². The van der Waals surface area contributed by atoms with E-state index in [1.54, 1.807) is 0 Å². The van der Waals surface area contributed by atoms with Crippen molar-refractivity contribution in [3.8, 4) is 33.4 Å². The summed E-state index contributed by atoms with van der Waals surface area (Å²) in [5.74, 6) is 0. The Kier molecular flexibility index (Phi) is 7.41. The van der Waals surface area contributed by atoms with E-state index in [1.807, 2.05) is 11.3 Å². The van der Waals surface area contributed by atoms with Crippen LogP contribution in [0.25, 0.3) is 75.1 Å². The Labute approximate surface area is 307 Å². The average molecular weight is 680 g/mol. The van der Waals surface area contributed by atoms with Crippen LogP contribution in [0.2, 0.25) is 0 Å². The number of nitrogens with zero attached hydrogens (tertiary/aromatic N) is 1. The maximum atomic E-state index is 2.40. The number of rotatable bonds is 6. The first-order valence-electron chi connectivity index (χ1n) is 17.7. The molecular formula is C50H33NS. The van der Waals surface area contributed by atoms with Crippen molar-refractivity contribution in [3.63, 3.8) is 0 Å². The van der Waals surface area contributed by atoms with Crippen LogP contribution in [0.5, 0.6) is 0 Å². The molecular weight excluding hydrogens is 647 g/mol. The first kappa shape index (κ1) is 30.4. The fraction of sp³-hybridized carbons (Fsp3) is 0. The molecule has 2 heteroatoms. The summed E-state index contributed by atoms with van der Waals surface area (Å²) in [7, 11) is 0. The fourth-order valence-electron chi connectivity index (χ4n) is 7.66. The molecule has 1 heterocycles. The van der Waals surface area contributed by atoms with Crippen molar-refractivity contribution in [2.75, 3.05) is 4.90 Å². The Morgan fingerprint density at radius 1 is 0.288 bits per heavy atom. The smallest absolute Gasteiger partial charge is 0.0467 e. The Morgan fingerprint density at radius 3 is 1.58 bits per heavy atom. The highest BCUT2D eigenvalue weighted by molar-refractivity contribution is 7.25. The van der Waals surface area contributed by atoms with Crippen molar-refractivity contribution >= 4 is 70.1 Å². The van der Waals surface area contributed by atoms with Crippen molar-refractivity contribution in [1.29, 1.82) is 0 Å². The van der Waals surface area contributed by atoms with Crippen LogP contribution in [-0.4, -0.2) is 0 Å². The summed E-state index contributed by atoms with van der Waals surface area (Å²) >= 11 is 1.86. The van der Waals surface area contributed by atoms with Crippen LogP contribution in [0.1, 0.15) is 0 Å². The van der Waals surface area contributed by atoms with Gasteiger partial charge in [-0.2, -0.15) is 0 Å². The molecule has 0 saturated heterocycles. The van der Waals surface area contributed by atoms with Crippen LogP contribution < -0.4 is 4.90 Å². The summed E-state index contributed by atoms with van der Waals surface area (Å²) in [6, 6.07) is 73.1. The van der Waals surface area contributed by atoms with Gasteiger partial charge >= 0.3 is 0 Å². The van der Waals surface area contributed by atoms with Gasteiger partial charge in [-0.05, 0) is 116 Å². The lowest BCUT2D eigenvalue weighted by Gasteiger charge is -2.27. The SMILES string of the molecule is c1cc(-c2ccc3ccccc3c2)cc(N(c2cccc(-c3ccc4sc5ccccc5c4c3)c2)c2cccc(-c3cccc4ccccc34)c2)c1. The lowest BCUT2D eigenvalue weighted by Crippen LogP contribution is -2.10. The van der Waals surface area contributed by atoms with Gasteiger partial charge in [0.25, 0.3) is 0 Å². The Bertz CT molecular complexity index is 2930. The third-order valence-electron chi connectivity index (χ3n) is 10.2. The average Bonchev–Trinajstić information content (AvgIpc) is 3.59. The highest BCUT2D eigenvalue weighted by atomic mass is 32.1. The molecule has 10 aromatic rings. The lowest BCUT2D eigenvalue weighted by molar-refractivity contribution is 1.28. The van der Waals surface area contributed by atoms with Gasteiger partial charge in [0.2, 0.25) is 0 Å². The summed E-state index contributed by atoms with van der Waals surface area (Å²) in [5, 5.41) is 7.62. The Hall–Kier alpha value is -6.48. The molecule has 0 saturated carbocycles. The van der Waals surface area contributed by atoms with E-state index in [1.165, 1.54) is 75.1 Å². The second-order valence-electron chi connectivity index (χ2n) is 13.4. The highest BCUT2D eigenvalue weighted by Gasteiger charge is 2.17. The second kappa shape index (κ2) is 12.7. The van der Waals surface area contributed by atoms with E-state index < -0.39 is 0 Å². The maximum Gasteiger partial charge on any atom is 0.0467 e. The number of anilines is 3. The zero-order valence-corrected chi connectivity index (χ0v) is 29.2. The predicted octanol–water partition coefficient (Wildman–Crippen LogP) is 14.8. The van der Waals surface area contributed by atoms with E-state index in [-0.39, 0.29) is 0 Å². The minimum absolute atomic E-state index is 1.11. The number of fused-ring (bicyclic) bond motifs is 5. The van der Waals surface area contributed by atoms with Gasteiger partial charge in [0.1, 0.15) is 0 Å². The Morgan fingerprint density at radius 2 is 0.808 bits per heavy atom. The zero-order valence-electron chi connectivity index (χ0n) is 28.4. The standard InChI is InChI=1S/C50H33NS/c1-2-13-36-29-39(26-25-34(36)11-1)37-15-7-18-42(30-37)51(44-20-9-17-41(32-44)46-23-10-14-35-12-3-4-21-45(35)46)43-19-8-16-38(31-43)40-27-28-50-48(33-40)47-22-5-6-24-49(47)52-50/h1-33H. The van der Waals surface area contributed by atoms with Gasteiger partial charge in [-0.15, -0.1) is 11.3 Å². The molecule has 9 aromatic carbocycles. The summed E-state index contributed by atoms with van der Waals surface area (Å²) in [5.41, 5.74) is 10.5. The molecule has 244 valence electrons. The zero-order chi connectivity index (χ0) is 34.4. The molecule has 0 aliphatic heterocycles. The molecule has 1 nitrogen and oxygen atoms in total. The van der Waals surface area contributed by atoms with Crippen molar-refractivity contribution in [2.45, 2.75) is 0 Å².